The van der Waals surface area contributed by atoms with Crippen molar-refractivity contribution in [1.82, 2.24) is 5.32 Å². The Hall–Kier alpha value is -2.07. The van der Waals surface area contributed by atoms with Gasteiger partial charge in [-0.15, -0.1) is 0 Å². The van der Waals surface area contributed by atoms with Gasteiger partial charge in [-0.2, -0.15) is 0 Å². The van der Waals surface area contributed by atoms with Crippen LogP contribution in [0.1, 0.15) is 23.1 Å². The van der Waals surface area contributed by atoms with Crippen molar-refractivity contribution in [3.8, 4) is 5.75 Å². The normalized spacial score (nSPS) is 10.2. The highest BCUT2D eigenvalue weighted by molar-refractivity contribution is 7.80. The van der Waals surface area contributed by atoms with Crippen molar-refractivity contribution < 1.29 is 4.74 Å². The summed E-state index contributed by atoms with van der Waals surface area (Å²) >= 11 is 5.32. The summed E-state index contributed by atoms with van der Waals surface area (Å²) in [6, 6.07) is 14.3. The summed E-state index contributed by atoms with van der Waals surface area (Å²) in [4.78, 5) is 0. The van der Waals surface area contributed by atoms with Crippen LogP contribution >= 0.6 is 12.2 Å². The van der Waals surface area contributed by atoms with E-state index in [4.69, 9.17) is 17.0 Å². The third kappa shape index (κ3) is 5.57. The van der Waals surface area contributed by atoms with E-state index in [0.717, 1.165) is 30.8 Å². The van der Waals surface area contributed by atoms with Gasteiger partial charge in [-0.05, 0) is 74.3 Å². The van der Waals surface area contributed by atoms with Crippen LogP contribution in [0, 0.1) is 13.8 Å². The molecular weight excluding hydrogens is 304 g/mol. The van der Waals surface area contributed by atoms with Gasteiger partial charge in [-0.25, -0.2) is 0 Å². The van der Waals surface area contributed by atoms with Gasteiger partial charge < -0.3 is 15.4 Å². The van der Waals surface area contributed by atoms with E-state index in [1.807, 2.05) is 24.3 Å². The van der Waals surface area contributed by atoms with Crippen molar-refractivity contribution in [2.24, 2.45) is 0 Å². The van der Waals surface area contributed by atoms with E-state index in [1.54, 1.807) is 7.11 Å². The smallest absolute Gasteiger partial charge is 0.170 e. The zero-order valence-electron chi connectivity index (χ0n) is 14.0. The van der Waals surface area contributed by atoms with Crippen LogP contribution < -0.4 is 15.4 Å². The SMILES string of the molecule is COc1ccc(NC(=S)NCCCc2ccc(C)cc2C)cc1. The predicted octanol–water partition coefficient (Wildman–Crippen LogP) is 4.23. The number of hydrogen-bond acceptors (Lipinski definition) is 2. The molecule has 3 nitrogen and oxygen atoms in total. The zero-order valence-corrected chi connectivity index (χ0v) is 14.8. The summed E-state index contributed by atoms with van der Waals surface area (Å²) in [6.45, 7) is 5.16. The Kier molecular flexibility index (Phi) is 6.41. The molecule has 0 saturated carbocycles. The Balaban J connectivity index is 1.72. The van der Waals surface area contributed by atoms with Crippen molar-refractivity contribution in [3.63, 3.8) is 0 Å². The van der Waals surface area contributed by atoms with Crippen molar-refractivity contribution in [1.29, 1.82) is 0 Å². The average molecular weight is 328 g/mol. The molecule has 2 aromatic rings. The van der Waals surface area contributed by atoms with Gasteiger partial charge in [-0.3, -0.25) is 0 Å². The minimum atomic E-state index is 0.649. The first-order valence-corrected chi connectivity index (χ1v) is 8.24. The molecule has 0 bridgehead atoms. The Labute approximate surface area is 144 Å². The lowest BCUT2D eigenvalue weighted by Gasteiger charge is -2.11. The Morgan fingerprint density at radius 2 is 1.83 bits per heavy atom. The molecule has 2 rings (SSSR count). The van der Waals surface area contributed by atoms with E-state index in [9.17, 15) is 0 Å². The van der Waals surface area contributed by atoms with E-state index in [0.29, 0.717) is 5.11 Å². The summed E-state index contributed by atoms with van der Waals surface area (Å²) < 4.78 is 5.14. The summed E-state index contributed by atoms with van der Waals surface area (Å²) in [5.74, 6) is 0.836. The number of rotatable bonds is 6. The van der Waals surface area contributed by atoms with Gasteiger partial charge in [0, 0.05) is 12.2 Å². The van der Waals surface area contributed by atoms with Gasteiger partial charge in [0.1, 0.15) is 5.75 Å². The molecule has 4 heteroatoms. The molecule has 0 atom stereocenters. The molecule has 0 aliphatic carbocycles. The fraction of sp³-hybridized carbons (Fsp3) is 0.316. The van der Waals surface area contributed by atoms with Crippen LogP contribution in [-0.2, 0) is 6.42 Å². The van der Waals surface area contributed by atoms with Gasteiger partial charge in [0.2, 0.25) is 0 Å². The minimum Gasteiger partial charge on any atom is -0.497 e. The van der Waals surface area contributed by atoms with Crippen LogP contribution in [0.4, 0.5) is 5.69 Å². The molecule has 2 N–H and O–H groups in total. The van der Waals surface area contributed by atoms with Gasteiger partial charge in [0.25, 0.3) is 0 Å². The second kappa shape index (κ2) is 8.53. The Morgan fingerprint density at radius 1 is 1.09 bits per heavy atom. The summed E-state index contributed by atoms with van der Waals surface area (Å²) in [7, 11) is 1.66. The fourth-order valence-electron chi connectivity index (χ4n) is 2.46. The number of benzene rings is 2. The quantitative estimate of drug-likeness (QED) is 0.614. The van der Waals surface area contributed by atoms with Crippen LogP contribution in [-0.4, -0.2) is 18.8 Å². The third-order valence-corrected chi connectivity index (χ3v) is 4.00. The van der Waals surface area contributed by atoms with Crippen LogP contribution in [0.25, 0.3) is 0 Å². The molecule has 0 fully saturated rings. The maximum atomic E-state index is 5.32. The van der Waals surface area contributed by atoms with Gasteiger partial charge in [-0.1, -0.05) is 23.8 Å². The van der Waals surface area contributed by atoms with E-state index < -0.39 is 0 Å². The van der Waals surface area contributed by atoms with Crippen molar-refractivity contribution in [2.75, 3.05) is 19.0 Å². The lowest BCUT2D eigenvalue weighted by molar-refractivity contribution is 0.415. The van der Waals surface area contributed by atoms with Crippen LogP contribution in [0.5, 0.6) is 5.75 Å². The molecular formula is C19H24N2OS. The molecule has 0 radical (unpaired) electrons. The number of thiocarbonyl (C=S) groups is 1. The fourth-order valence-corrected chi connectivity index (χ4v) is 2.68. The van der Waals surface area contributed by atoms with E-state index in [-0.39, 0.29) is 0 Å². The number of methoxy groups -OCH3 is 1. The summed E-state index contributed by atoms with van der Waals surface area (Å²) in [5.41, 5.74) is 5.04. The number of anilines is 1. The van der Waals surface area contributed by atoms with Gasteiger partial charge in [0.05, 0.1) is 7.11 Å². The predicted molar refractivity (Wildman–Crippen MR) is 101 cm³/mol. The maximum Gasteiger partial charge on any atom is 0.170 e. The largest absolute Gasteiger partial charge is 0.497 e. The number of nitrogens with one attached hydrogen (secondary N) is 2. The standard InChI is InChI=1S/C19H24N2OS/c1-14-6-7-16(15(2)13-14)5-4-12-20-19(23)21-17-8-10-18(22-3)11-9-17/h6-11,13H,4-5,12H2,1-3H3,(H2,20,21,23). The van der Waals surface area contributed by atoms with Crippen LogP contribution in [0.15, 0.2) is 42.5 Å². The van der Waals surface area contributed by atoms with E-state index >= 15 is 0 Å². The molecule has 0 aromatic heterocycles. The lowest BCUT2D eigenvalue weighted by atomic mass is 10.0. The lowest BCUT2D eigenvalue weighted by Crippen LogP contribution is -2.29. The maximum absolute atomic E-state index is 5.32. The second-order valence-electron chi connectivity index (χ2n) is 5.64. The molecule has 0 heterocycles. The molecule has 0 unspecified atom stereocenters. The van der Waals surface area contributed by atoms with Gasteiger partial charge >= 0.3 is 0 Å². The van der Waals surface area contributed by atoms with Crippen molar-refractivity contribution in [2.45, 2.75) is 26.7 Å². The third-order valence-electron chi connectivity index (χ3n) is 3.75. The first-order chi connectivity index (χ1) is 11.1. The molecule has 0 aliphatic rings. The van der Waals surface area contributed by atoms with E-state index in [1.165, 1.54) is 16.7 Å². The zero-order chi connectivity index (χ0) is 16.7. The van der Waals surface area contributed by atoms with Crippen molar-refractivity contribution in [3.05, 3.63) is 59.2 Å². The Morgan fingerprint density at radius 3 is 2.48 bits per heavy atom. The topological polar surface area (TPSA) is 33.3 Å². The highest BCUT2D eigenvalue weighted by atomic mass is 32.1. The average Bonchev–Trinajstić information content (AvgIpc) is 2.54. The monoisotopic (exact) mass is 328 g/mol. The highest BCUT2D eigenvalue weighted by Gasteiger charge is 2.01. The first-order valence-electron chi connectivity index (χ1n) is 7.83. The molecule has 23 heavy (non-hydrogen) atoms. The molecule has 2 aromatic carbocycles. The van der Waals surface area contributed by atoms with E-state index in [2.05, 4.69) is 42.7 Å². The van der Waals surface area contributed by atoms with Crippen molar-refractivity contribution >= 4 is 23.0 Å². The molecule has 0 aliphatic heterocycles. The van der Waals surface area contributed by atoms with Crippen LogP contribution in [0.2, 0.25) is 0 Å². The number of ether oxygens (including phenoxy) is 1. The molecule has 0 spiro atoms. The van der Waals surface area contributed by atoms with Crippen LogP contribution in [0.3, 0.4) is 0 Å². The molecule has 122 valence electrons. The second-order valence-corrected chi connectivity index (χ2v) is 6.05. The summed E-state index contributed by atoms with van der Waals surface area (Å²) in [5, 5.41) is 7.07. The van der Waals surface area contributed by atoms with Gasteiger partial charge in [0.15, 0.2) is 5.11 Å². The Bertz CT molecular complexity index is 653. The number of hydrogen-bond donors (Lipinski definition) is 2. The minimum absolute atomic E-state index is 0.649. The molecule has 0 amide bonds. The summed E-state index contributed by atoms with van der Waals surface area (Å²) in [6.07, 6.45) is 2.11. The highest BCUT2D eigenvalue weighted by Crippen LogP contribution is 2.15. The molecule has 0 saturated heterocycles. The first kappa shape index (κ1) is 17.3. The number of aryl methyl sites for hydroxylation is 3.